The molecule has 0 N–H and O–H groups in total. The number of nitrogens with zero attached hydrogens (tertiary/aromatic N) is 1. The van der Waals surface area contributed by atoms with E-state index in [-0.39, 0.29) is 16.2 Å². The van der Waals surface area contributed by atoms with Gasteiger partial charge in [0.2, 0.25) is 0 Å². The van der Waals surface area contributed by atoms with Crippen molar-refractivity contribution >= 4 is 33.5 Å². The molecule has 2 aromatic rings. The van der Waals surface area contributed by atoms with Gasteiger partial charge in [0.05, 0.1) is 10.6 Å². The smallest absolute Gasteiger partial charge is 0.167 e. The monoisotopic (exact) mass is 281 g/mol. The van der Waals surface area contributed by atoms with Gasteiger partial charge in [-0.25, -0.2) is 8.78 Å². The van der Waals surface area contributed by atoms with Crippen LogP contribution in [-0.2, 0) is 0 Å². The van der Waals surface area contributed by atoms with Gasteiger partial charge in [-0.1, -0.05) is 29.8 Å². The first-order chi connectivity index (χ1) is 8.65. The van der Waals surface area contributed by atoms with Gasteiger partial charge in [0.15, 0.2) is 11.6 Å². The topological polar surface area (TPSA) is 23.8 Å². The molecule has 0 fully saturated rings. The van der Waals surface area contributed by atoms with Crippen LogP contribution in [0.25, 0.3) is 10.6 Å². The SMILES string of the molecule is N#CC(=C(Cl)c1cccc(F)c1F)c1cccs1. The summed E-state index contributed by atoms with van der Waals surface area (Å²) in [5.74, 6) is -2.04. The fraction of sp³-hybridized carbons (Fsp3) is 0. The molecule has 0 spiro atoms. The highest BCUT2D eigenvalue weighted by Crippen LogP contribution is 2.33. The van der Waals surface area contributed by atoms with E-state index in [0.717, 1.165) is 6.07 Å². The third-order valence-electron chi connectivity index (χ3n) is 2.29. The number of hydrogen-bond acceptors (Lipinski definition) is 2. The maximum atomic E-state index is 13.6. The molecule has 2 rings (SSSR count). The number of halogens is 3. The van der Waals surface area contributed by atoms with Crippen molar-refractivity contribution in [2.75, 3.05) is 0 Å². The van der Waals surface area contributed by atoms with E-state index < -0.39 is 11.6 Å². The van der Waals surface area contributed by atoms with Crippen molar-refractivity contribution in [3.05, 3.63) is 57.8 Å². The molecule has 18 heavy (non-hydrogen) atoms. The van der Waals surface area contributed by atoms with E-state index in [9.17, 15) is 8.78 Å². The molecule has 0 aliphatic carbocycles. The van der Waals surface area contributed by atoms with Gasteiger partial charge in [-0.3, -0.25) is 0 Å². The van der Waals surface area contributed by atoms with Gasteiger partial charge in [0.1, 0.15) is 6.07 Å². The minimum atomic E-state index is -1.05. The third-order valence-corrected chi connectivity index (χ3v) is 3.57. The Bertz CT molecular complexity index is 642. The van der Waals surface area contributed by atoms with Crippen molar-refractivity contribution in [2.24, 2.45) is 0 Å². The Morgan fingerprint density at radius 3 is 2.61 bits per heavy atom. The van der Waals surface area contributed by atoms with Crippen LogP contribution >= 0.6 is 22.9 Å². The average Bonchev–Trinajstić information content (AvgIpc) is 2.87. The molecule has 5 heteroatoms. The summed E-state index contributed by atoms with van der Waals surface area (Å²) in [5.41, 5.74) is 0.0257. The molecule has 0 atom stereocenters. The maximum absolute atomic E-state index is 13.6. The normalized spacial score (nSPS) is 11.9. The highest BCUT2D eigenvalue weighted by molar-refractivity contribution is 7.11. The zero-order valence-electron chi connectivity index (χ0n) is 8.95. The maximum Gasteiger partial charge on any atom is 0.167 e. The summed E-state index contributed by atoms with van der Waals surface area (Å²) in [6, 6.07) is 9.05. The summed E-state index contributed by atoms with van der Waals surface area (Å²) >= 11 is 7.31. The zero-order valence-corrected chi connectivity index (χ0v) is 10.5. The molecule has 1 nitrogen and oxygen atoms in total. The lowest BCUT2D eigenvalue weighted by Gasteiger charge is -2.04. The van der Waals surface area contributed by atoms with Crippen LogP contribution in [0.3, 0.4) is 0 Å². The number of rotatable bonds is 2. The molecule has 1 heterocycles. The van der Waals surface area contributed by atoms with Crippen molar-refractivity contribution in [2.45, 2.75) is 0 Å². The van der Waals surface area contributed by atoms with Crippen LogP contribution in [0.4, 0.5) is 8.78 Å². The van der Waals surface area contributed by atoms with Crippen LogP contribution in [-0.4, -0.2) is 0 Å². The van der Waals surface area contributed by atoms with Crippen molar-refractivity contribution in [3.8, 4) is 6.07 Å². The molecular weight excluding hydrogens is 276 g/mol. The van der Waals surface area contributed by atoms with Crippen LogP contribution in [0.15, 0.2) is 35.7 Å². The lowest BCUT2D eigenvalue weighted by Crippen LogP contribution is -1.92. The summed E-state index contributed by atoms with van der Waals surface area (Å²) in [7, 11) is 0. The van der Waals surface area contributed by atoms with E-state index in [1.165, 1.54) is 23.5 Å². The second kappa shape index (κ2) is 5.30. The van der Waals surface area contributed by atoms with Crippen LogP contribution in [0.1, 0.15) is 10.4 Å². The molecule has 90 valence electrons. The number of benzene rings is 1. The van der Waals surface area contributed by atoms with Crippen molar-refractivity contribution in [1.82, 2.24) is 0 Å². The molecule has 0 radical (unpaired) electrons. The lowest BCUT2D eigenvalue weighted by atomic mass is 10.1. The van der Waals surface area contributed by atoms with Gasteiger partial charge < -0.3 is 0 Å². The summed E-state index contributed by atoms with van der Waals surface area (Å²) in [4.78, 5) is 0.617. The summed E-state index contributed by atoms with van der Waals surface area (Å²) in [6.07, 6.45) is 0. The third kappa shape index (κ3) is 2.28. The largest absolute Gasteiger partial charge is 0.204 e. The van der Waals surface area contributed by atoms with Crippen LogP contribution in [0.5, 0.6) is 0 Å². The predicted octanol–water partition coefficient (Wildman–Crippen LogP) is 4.66. The predicted molar refractivity (Wildman–Crippen MR) is 69.0 cm³/mol. The van der Waals surface area contributed by atoms with Gasteiger partial charge in [-0.05, 0) is 17.5 Å². The van der Waals surface area contributed by atoms with Gasteiger partial charge in [0, 0.05) is 10.4 Å². The van der Waals surface area contributed by atoms with Gasteiger partial charge >= 0.3 is 0 Å². The Labute approximate surface area is 112 Å². The van der Waals surface area contributed by atoms with E-state index in [1.807, 2.05) is 6.07 Å². The number of nitriles is 1. The van der Waals surface area contributed by atoms with E-state index in [2.05, 4.69) is 0 Å². The van der Waals surface area contributed by atoms with E-state index in [4.69, 9.17) is 16.9 Å². The van der Waals surface area contributed by atoms with Crippen molar-refractivity contribution < 1.29 is 8.78 Å². The van der Waals surface area contributed by atoms with Crippen molar-refractivity contribution in [3.63, 3.8) is 0 Å². The van der Waals surface area contributed by atoms with E-state index in [0.29, 0.717) is 4.88 Å². The second-order valence-electron chi connectivity index (χ2n) is 3.38. The number of allylic oxidation sites excluding steroid dienone is 1. The highest BCUT2D eigenvalue weighted by Gasteiger charge is 2.16. The Kier molecular flexibility index (Phi) is 3.75. The van der Waals surface area contributed by atoms with Gasteiger partial charge in [-0.2, -0.15) is 5.26 Å². The first-order valence-corrected chi connectivity index (χ1v) is 6.19. The molecular formula is C13H6ClF2NS. The minimum Gasteiger partial charge on any atom is -0.204 e. The Morgan fingerprint density at radius 1 is 1.22 bits per heavy atom. The van der Waals surface area contributed by atoms with Gasteiger partial charge in [0.25, 0.3) is 0 Å². The molecule has 1 aromatic carbocycles. The molecule has 0 bridgehead atoms. The molecule has 0 aliphatic heterocycles. The standard InChI is InChI=1S/C13H6ClF2NS/c14-12(8-3-1-4-10(15)13(8)16)9(7-17)11-5-2-6-18-11/h1-6H. The highest BCUT2D eigenvalue weighted by atomic mass is 35.5. The Morgan fingerprint density at radius 2 is 2.00 bits per heavy atom. The fourth-order valence-corrected chi connectivity index (χ4v) is 2.51. The molecule has 0 amide bonds. The first kappa shape index (κ1) is 12.7. The van der Waals surface area contributed by atoms with Crippen LogP contribution in [0, 0.1) is 23.0 Å². The van der Waals surface area contributed by atoms with E-state index in [1.54, 1.807) is 17.5 Å². The fourth-order valence-electron chi connectivity index (χ4n) is 1.44. The Hall–Kier alpha value is -1.70. The summed E-state index contributed by atoms with van der Waals surface area (Å²) < 4.78 is 26.7. The van der Waals surface area contributed by atoms with Gasteiger partial charge in [-0.15, -0.1) is 11.3 Å². The molecule has 0 saturated heterocycles. The summed E-state index contributed by atoms with van der Waals surface area (Å²) in [5, 5.41) is 10.8. The lowest BCUT2D eigenvalue weighted by molar-refractivity contribution is 0.507. The Balaban J connectivity index is 2.62. The van der Waals surface area contributed by atoms with Crippen LogP contribution in [0.2, 0.25) is 0 Å². The molecule has 0 unspecified atom stereocenters. The second-order valence-corrected chi connectivity index (χ2v) is 4.71. The molecule has 0 aliphatic rings. The van der Waals surface area contributed by atoms with Crippen molar-refractivity contribution in [1.29, 1.82) is 5.26 Å². The molecule has 0 saturated carbocycles. The molecule has 1 aromatic heterocycles. The summed E-state index contributed by atoms with van der Waals surface area (Å²) in [6.45, 7) is 0. The first-order valence-electron chi connectivity index (χ1n) is 4.93. The number of hydrogen-bond donors (Lipinski definition) is 0. The van der Waals surface area contributed by atoms with Crippen LogP contribution < -0.4 is 0 Å². The average molecular weight is 282 g/mol. The van der Waals surface area contributed by atoms with E-state index >= 15 is 0 Å². The minimum absolute atomic E-state index is 0.0862. The zero-order chi connectivity index (χ0) is 13.1. The quantitative estimate of drug-likeness (QED) is 0.735. The number of thiophene rings is 1.